The van der Waals surface area contributed by atoms with Gasteiger partial charge in [0.1, 0.15) is 30.8 Å². The monoisotopic (exact) mass is 330 g/mol. The van der Waals surface area contributed by atoms with Gasteiger partial charge in [0.2, 0.25) is 5.91 Å². The second-order valence-corrected chi connectivity index (χ2v) is 5.22. The summed E-state index contributed by atoms with van der Waals surface area (Å²) < 4.78 is 11.0. The first-order valence-corrected chi connectivity index (χ1v) is 7.74. The van der Waals surface area contributed by atoms with Crippen LogP contribution in [0.1, 0.15) is 10.4 Å². The fourth-order valence-corrected chi connectivity index (χ4v) is 1.99. The first kappa shape index (κ1) is 17.8. The highest BCUT2D eigenvalue weighted by Gasteiger charge is 2.05. The number of carbonyl (C=O) groups excluding carboxylic acids is 1. The maximum atomic E-state index is 11.0. The van der Waals surface area contributed by atoms with Gasteiger partial charge in [0, 0.05) is 18.7 Å². The summed E-state index contributed by atoms with van der Waals surface area (Å²) in [6, 6.07) is 16.0. The van der Waals surface area contributed by atoms with E-state index in [2.05, 4.69) is 5.32 Å². The van der Waals surface area contributed by atoms with Crippen LogP contribution < -0.4 is 20.5 Å². The van der Waals surface area contributed by atoms with E-state index in [1.165, 1.54) is 0 Å². The number of nitrogens with two attached hydrogens (primary N) is 1. The van der Waals surface area contributed by atoms with E-state index >= 15 is 0 Å². The van der Waals surface area contributed by atoms with E-state index in [-0.39, 0.29) is 6.61 Å². The maximum absolute atomic E-state index is 11.0. The smallest absolute Gasteiger partial charge is 0.248 e. The number of primary amides is 1. The molecular formula is C18H22N2O4. The van der Waals surface area contributed by atoms with Crippen molar-refractivity contribution in [3.8, 4) is 11.5 Å². The van der Waals surface area contributed by atoms with Crippen molar-refractivity contribution in [2.45, 2.75) is 6.10 Å². The van der Waals surface area contributed by atoms with Crippen molar-refractivity contribution in [3.63, 3.8) is 0 Å². The van der Waals surface area contributed by atoms with Crippen molar-refractivity contribution in [2.75, 3.05) is 26.3 Å². The van der Waals surface area contributed by atoms with E-state index in [0.717, 1.165) is 5.75 Å². The van der Waals surface area contributed by atoms with Gasteiger partial charge in [-0.2, -0.15) is 0 Å². The van der Waals surface area contributed by atoms with Crippen molar-refractivity contribution in [3.05, 3.63) is 60.2 Å². The van der Waals surface area contributed by atoms with Crippen LogP contribution in [0.5, 0.6) is 11.5 Å². The molecule has 1 atom stereocenters. The topological polar surface area (TPSA) is 93.8 Å². The minimum atomic E-state index is -0.597. The summed E-state index contributed by atoms with van der Waals surface area (Å²) >= 11 is 0. The van der Waals surface area contributed by atoms with Crippen molar-refractivity contribution in [1.82, 2.24) is 5.32 Å². The molecule has 0 aliphatic rings. The number of hydrogen-bond donors (Lipinski definition) is 3. The Morgan fingerprint density at radius 1 is 1.04 bits per heavy atom. The largest absolute Gasteiger partial charge is 0.492 e. The van der Waals surface area contributed by atoms with Gasteiger partial charge in [0.25, 0.3) is 0 Å². The summed E-state index contributed by atoms with van der Waals surface area (Å²) in [6.07, 6.45) is -0.597. The Kier molecular flexibility index (Phi) is 7.07. The number of para-hydroxylation sites is 1. The fourth-order valence-electron chi connectivity index (χ4n) is 1.99. The molecule has 0 aliphatic heterocycles. The lowest BCUT2D eigenvalue weighted by molar-refractivity contribution is 0.1000. The Morgan fingerprint density at radius 3 is 2.38 bits per heavy atom. The van der Waals surface area contributed by atoms with Crippen LogP contribution in [0, 0.1) is 0 Å². The molecule has 6 heteroatoms. The van der Waals surface area contributed by atoms with Gasteiger partial charge in [0.05, 0.1) is 0 Å². The van der Waals surface area contributed by atoms with E-state index in [1.807, 2.05) is 30.3 Å². The zero-order valence-electron chi connectivity index (χ0n) is 13.4. The molecule has 0 unspecified atom stereocenters. The van der Waals surface area contributed by atoms with Crippen LogP contribution in [0.25, 0.3) is 0 Å². The quantitative estimate of drug-likeness (QED) is 0.569. The molecule has 2 rings (SSSR count). The van der Waals surface area contributed by atoms with Crippen LogP contribution >= 0.6 is 0 Å². The van der Waals surface area contributed by atoms with E-state index in [4.69, 9.17) is 15.2 Å². The normalized spacial score (nSPS) is 11.7. The Hall–Kier alpha value is -2.57. The molecule has 0 bridgehead atoms. The number of hydrogen-bond acceptors (Lipinski definition) is 5. The zero-order chi connectivity index (χ0) is 17.2. The molecule has 4 N–H and O–H groups in total. The average molecular weight is 330 g/mol. The standard InChI is InChI=1S/C18H22N2O4/c19-18(22)14-6-8-17(9-7-14)23-11-10-20-12-15(21)13-24-16-4-2-1-3-5-16/h1-9,15,20-21H,10-13H2,(H2,19,22)/t15-/m0/s1. The third kappa shape index (κ3) is 6.28. The third-order valence-corrected chi connectivity index (χ3v) is 3.25. The summed E-state index contributed by atoms with van der Waals surface area (Å²) in [4.78, 5) is 11.0. The molecule has 2 aromatic carbocycles. The molecule has 128 valence electrons. The van der Waals surface area contributed by atoms with Crippen molar-refractivity contribution in [2.24, 2.45) is 5.73 Å². The van der Waals surface area contributed by atoms with Crippen molar-refractivity contribution < 1.29 is 19.4 Å². The average Bonchev–Trinajstić information content (AvgIpc) is 2.61. The molecular weight excluding hydrogens is 308 g/mol. The Morgan fingerprint density at radius 2 is 1.71 bits per heavy atom. The predicted octanol–water partition coefficient (Wildman–Crippen LogP) is 1.19. The van der Waals surface area contributed by atoms with E-state index in [1.54, 1.807) is 24.3 Å². The third-order valence-electron chi connectivity index (χ3n) is 3.25. The second kappa shape index (κ2) is 9.54. The van der Waals surface area contributed by atoms with Crippen LogP contribution in [0.2, 0.25) is 0 Å². The van der Waals surface area contributed by atoms with Crippen molar-refractivity contribution >= 4 is 5.91 Å². The Labute approximate surface area is 141 Å². The zero-order valence-corrected chi connectivity index (χ0v) is 13.4. The number of benzene rings is 2. The van der Waals surface area contributed by atoms with Gasteiger partial charge in [-0.05, 0) is 36.4 Å². The molecule has 0 aromatic heterocycles. The molecule has 2 aromatic rings. The number of ether oxygens (including phenoxy) is 2. The number of rotatable bonds is 10. The Bertz CT molecular complexity index is 617. The summed E-state index contributed by atoms with van der Waals surface area (Å²) in [5.74, 6) is 0.934. The number of aliphatic hydroxyl groups is 1. The number of aliphatic hydroxyl groups excluding tert-OH is 1. The molecule has 0 radical (unpaired) electrons. The molecule has 6 nitrogen and oxygen atoms in total. The highest BCUT2D eigenvalue weighted by molar-refractivity contribution is 5.92. The van der Waals surface area contributed by atoms with Gasteiger partial charge >= 0.3 is 0 Å². The van der Waals surface area contributed by atoms with Crippen LogP contribution in [0.3, 0.4) is 0 Å². The lowest BCUT2D eigenvalue weighted by Gasteiger charge is -2.13. The van der Waals surface area contributed by atoms with Crippen molar-refractivity contribution in [1.29, 1.82) is 0 Å². The molecule has 0 saturated carbocycles. The minimum absolute atomic E-state index is 0.229. The molecule has 0 fully saturated rings. The number of nitrogens with one attached hydrogen (secondary N) is 1. The molecule has 0 saturated heterocycles. The number of amides is 1. The van der Waals surface area contributed by atoms with Crippen LogP contribution in [-0.4, -0.2) is 43.4 Å². The van der Waals surface area contributed by atoms with Gasteiger partial charge in [-0.25, -0.2) is 0 Å². The Balaban J connectivity index is 1.56. The molecule has 0 aliphatic carbocycles. The highest BCUT2D eigenvalue weighted by Crippen LogP contribution is 2.11. The van der Waals surface area contributed by atoms with Crippen LogP contribution in [-0.2, 0) is 0 Å². The molecule has 0 spiro atoms. The second-order valence-electron chi connectivity index (χ2n) is 5.22. The van der Waals surface area contributed by atoms with Gasteiger partial charge in [-0.1, -0.05) is 18.2 Å². The molecule has 0 heterocycles. The SMILES string of the molecule is NC(=O)c1ccc(OCCNC[C@H](O)COc2ccccc2)cc1. The lowest BCUT2D eigenvalue weighted by Crippen LogP contribution is -2.33. The number of carbonyl (C=O) groups is 1. The molecule has 1 amide bonds. The highest BCUT2D eigenvalue weighted by atomic mass is 16.5. The van der Waals surface area contributed by atoms with Gasteiger partial charge in [-0.3, -0.25) is 4.79 Å². The van der Waals surface area contributed by atoms with Gasteiger partial charge in [0.15, 0.2) is 0 Å². The summed E-state index contributed by atoms with van der Waals surface area (Å²) in [7, 11) is 0. The lowest BCUT2D eigenvalue weighted by atomic mass is 10.2. The summed E-state index contributed by atoms with van der Waals surface area (Å²) in [6.45, 7) is 1.67. The first-order chi connectivity index (χ1) is 11.6. The first-order valence-electron chi connectivity index (χ1n) is 7.74. The predicted molar refractivity (Wildman–Crippen MR) is 91.3 cm³/mol. The maximum Gasteiger partial charge on any atom is 0.248 e. The van der Waals surface area contributed by atoms with Gasteiger partial charge < -0.3 is 25.6 Å². The summed E-state index contributed by atoms with van der Waals surface area (Å²) in [5, 5.41) is 12.9. The van der Waals surface area contributed by atoms with Crippen LogP contribution in [0.4, 0.5) is 0 Å². The van der Waals surface area contributed by atoms with E-state index in [0.29, 0.717) is 31.0 Å². The van der Waals surface area contributed by atoms with E-state index in [9.17, 15) is 9.90 Å². The van der Waals surface area contributed by atoms with Gasteiger partial charge in [-0.15, -0.1) is 0 Å². The summed E-state index contributed by atoms with van der Waals surface area (Å²) in [5.41, 5.74) is 5.62. The molecule has 24 heavy (non-hydrogen) atoms. The van der Waals surface area contributed by atoms with Crippen LogP contribution in [0.15, 0.2) is 54.6 Å². The van der Waals surface area contributed by atoms with E-state index < -0.39 is 12.0 Å². The minimum Gasteiger partial charge on any atom is -0.492 e. The fraction of sp³-hybridized carbons (Fsp3) is 0.278.